The molecule has 0 bridgehead atoms. The quantitative estimate of drug-likeness (QED) is 0.166. The molecule has 2 aromatic carbocycles. The highest BCUT2D eigenvalue weighted by Crippen LogP contribution is 2.28. The molecule has 0 aromatic heterocycles. The summed E-state index contributed by atoms with van der Waals surface area (Å²) in [5.41, 5.74) is 10.6. The van der Waals surface area contributed by atoms with Crippen LogP contribution in [0.5, 0.6) is 11.5 Å². The van der Waals surface area contributed by atoms with Crippen molar-refractivity contribution in [3.63, 3.8) is 0 Å². The number of nitrogen functional groups attached to an aromatic ring is 1. The molecule has 0 aliphatic rings. The van der Waals surface area contributed by atoms with Gasteiger partial charge in [0.1, 0.15) is 0 Å². The average Bonchev–Trinajstić information content (AvgIpc) is 2.78. The topological polar surface area (TPSA) is 85.9 Å². The lowest BCUT2D eigenvalue weighted by Crippen LogP contribution is -2.19. The number of rotatable bonds is 15. The van der Waals surface area contributed by atoms with E-state index in [-0.39, 0.29) is 12.3 Å². The third-order valence-electron chi connectivity index (χ3n) is 5.02. The largest absolute Gasteiger partial charge is 0.490 e. The van der Waals surface area contributed by atoms with Gasteiger partial charge in [0.2, 0.25) is 5.91 Å². The zero-order chi connectivity index (χ0) is 23.0. The van der Waals surface area contributed by atoms with Gasteiger partial charge >= 0.3 is 0 Å². The second-order valence-corrected chi connectivity index (χ2v) is 7.82. The van der Waals surface area contributed by atoms with Crippen LogP contribution in [0.2, 0.25) is 0 Å². The van der Waals surface area contributed by atoms with E-state index in [0.717, 1.165) is 23.3 Å². The first kappa shape index (κ1) is 25.2. The van der Waals surface area contributed by atoms with E-state index >= 15 is 0 Å². The summed E-state index contributed by atoms with van der Waals surface area (Å²) in [5, 5.41) is 4.06. The van der Waals surface area contributed by atoms with E-state index in [0.29, 0.717) is 24.7 Å². The van der Waals surface area contributed by atoms with Crippen LogP contribution < -0.4 is 20.6 Å². The summed E-state index contributed by atoms with van der Waals surface area (Å²) < 4.78 is 11.7. The third-order valence-corrected chi connectivity index (χ3v) is 5.02. The molecule has 0 aliphatic carbocycles. The summed E-state index contributed by atoms with van der Waals surface area (Å²) in [6.07, 6.45) is 10.6. The van der Waals surface area contributed by atoms with Gasteiger partial charge in [-0.15, -0.1) is 0 Å². The first-order valence-electron chi connectivity index (χ1n) is 11.7. The molecule has 0 heterocycles. The van der Waals surface area contributed by atoms with Gasteiger partial charge in [0, 0.05) is 5.69 Å². The summed E-state index contributed by atoms with van der Waals surface area (Å²) >= 11 is 0. The molecule has 2 aromatic rings. The minimum atomic E-state index is -0.189. The molecular weight excluding hydrogens is 402 g/mol. The second-order valence-electron chi connectivity index (χ2n) is 7.82. The second kappa shape index (κ2) is 14.9. The lowest BCUT2D eigenvalue weighted by atomic mass is 10.1. The summed E-state index contributed by atoms with van der Waals surface area (Å²) in [7, 11) is 0. The Bertz CT molecular complexity index is 835. The van der Waals surface area contributed by atoms with E-state index in [9.17, 15) is 4.79 Å². The Kier molecular flexibility index (Phi) is 11.7. The molecular formula is C26H37N3O3. The Morgan fingerprint density at radius 2 is 1.66 bits per heavy atom. The van der Waals surface area contributed by atoms with E-state index in [1.807, 2.05) is 37.3 Å². The SMILES string of the molecule is CCCCCCCCCOc1ccc(/C=N\NC(=O)Cc2ccc(N)cc2)cc1OCC. The van der Waals surface area contributed by atoms with Crippen LogP contribution in [0.25, 0.3) is 0 Å². The van der Waals surface area contributed by atoms with Crippen molar-refractivity contribution in [2.45, 2.75) is 65.2 Å². The van der Waals surface area contributed by atoms with Crippen LogP contribution in [0.1, 0.15) is 69.9 Å². The van der Waals surface area contributed by atoms with Crippen LogP contribution in [0, 0.1) is 0 Å². The molecule has 0 unspecified atom stereocenters. The number of hydrogen-bond donors (Lipinski definition) is 2. The highest BCUT2D eigenvalue weighted by Gasteiger charge is 2.07. The number of hydrogen-bond acceptors (Lipinski definition) is 5. The molecule has 0 atom stereocenters. The molecule has 0 saturated carbocycles. The van der Waals surface area contributed by atoms with Gasteiger partial charge < -0.3 is 15.2 Å². The smallest absolute Gasteiger partial charge is 0.244 e. The first-order valence-corrected chi connectivity index (χ1v) is 11.7. The highest BCUT2D eigenvalue weighted by atomic mass is 16.5. The van der Waals surface area contributed by atoms with Crippen molar-refractivity contribution in [2.75, 3.05) is 18.9 Å². The number of nitrogens with two attached hydrogens (primary N) is 1. The Labute approximate surface area is 192 Å². The molecule has 0 aliphatic heterocycles. The van der Waals surface area contributed by atoms with Crippen molar-refractivity contribution < 1.29 is 14.3 Å². The number of ether oxygens (including phenoxy) is 2. The van der Waals surface area contributed by atoms with Gasteiger partial charge in [-0.05, 0) is 54.8 Å². The summed E-state index contributed by atoms with van der Waals surface area (Å²) in [6.45, 7) is 5.41. The number of carbonyl (C=O) groups is 1. The van der Waals surface area contributed by atoms with Crippen molar-refractivity contribution in [3.05, 3.63) is 53.6 Å². The molecule has 6 nitrogen and oxygen atoms in total. The molecule has 0 radical (unpaired) electrons. The van der Waals surface area contributed by atoms with Crippen LogP contribution in [0.15, 0.2) is 47.6 Å². The number of benzene rings is 2. The lowest BCUT2D eigenvalue weighted by Gasteiger charge is -2.12. The number of anilines is 1. The van der Waals surface area contributed by atoms with E-state index in [1.165, 1.54) is 38.5 Å². The van der Waals surface area contributed by atoms with Gasteiger partial charge in [-0.25, -0.2) is 5.43 Å². The van der Waals surface area contributed by atoms with Crippen molar-refractivity contribution >= 4 is 17.8 Å². The van der Waals surface area contributed by atoms with Gasteiger partial charge in [0.05, 0.1) is 25.8 Å². The van der Waals surface area contributed by atoms with Crippen LogP contribution >= 0.6 is 0 Å². The Morgan fingerprint density at radius 1 is 0.938 bits per heavy atom. The average molecular weight is 440 g/mol. The van der Waals surface area contributed by atoms with Crippen LogP contribution in [-0.4, -0.2) is 25.3 Å². The third kappa shape index (κ3) is 9.86. The minimum absolute atomic E-state index is 0.189. The number of unbranched alkanes of at least 4 members (excludes halogenated alkanes) is 6. The first-order chi connectivity index (χ1) is 15.6. The van der Waals surface area contributed by atoms with Gasteiger partial charge in [-0.1, -0.05) is 57.6 Å². The van der Waals surface area contributed by atoms with Crippen molar-refractivity contribution in [2.24, 2.45) is 5.10 Å². The van der Waals surface area contributed by atoms with Crippen molar-refractivity contribution in [1.82, 2.24) is 5.43 Å². The number of carbonyl (C=O) groups excluding carboxylic acids is 1. The Morgan fingerprint density at radius 3 is 2.38 bits per heavy atom. The summed E-state index contributed by atoms with van der Waals surface area (Å²) in [6, 6.07) is 12.9. The van der Waals surface area contributed by atoms with E-state index in [2.05, 4.69) is 17.5 Å². The number of amides is 1. The Balaban J connectivity index is 1.80. The fourth-order valence-electron chi connectivity index (χ4n) is 3.27. The number of hydrazone groups is 1. The maximum absolute atomic E-state index is 12.1. The van der Waals surface area contributed by atoms with E-state index < -0.39 is 0 Å². The number of nitrogens with one attached hydrogen (secondary N) is 1. The fraction of sp³-hybridized carbons (Fsp3) is 0.462. The predicted molar refractivity (Wildman–Crippen MR) is 131 cm³/mol. The van der Waals surface area contributed by atoms with Gasteiger partial charge in [-0.2, -0.15) is 5.10 Å². The molecule has 0 saturated heterocycles. The van der Waals surface area contributed by atoms with Crippen molar-refractivity contribution in [1.29, 1.82) is 0 Å². The normalized spacial score (nSPS) is 10.9. The zero-order valence-electron chi connectivity index (χ0n) is 19.4. The summed E-state index contributed by atoms with van der Waals surface area (Å²) in [5.74, 6) is 1.24. The predicted octanol–water partition coefficient (Wildman–Crippen LogP) is 5.49. The molecule has 0 spiro atoms. The van der Waals surface area contributed by atoms with Gasteiger partial charge in [-0.3, -0.25) is 4.79 Å². The van der Waals surface area contributed by atoms with E-state index in [4.69, 9.17) is 15.2 Å². The van der Waals surface area contributed by atoms with Crippen LogP contribution in [0.4, 0.5) is 5.69 Å². The summed E-state index contributed by atoms with van der Waals surface area (Å²) in [4.78, 5) is 12.1. The van der Waals surface area contributed by atoms with E-state index in [1.54, 1.807) is 18.3 Å². The van der Waals surface area contributed by atoms with Gasteiger partial charge in [0.15, 0.2) is 11.5 Å². The molecule has 2 rings (SSSR count). The van der Waals surface area contributed by atoms with Gasteiger partial charge in [0.25, 0.3) is 0 Å². The minimum Gasteiger partial charge on any atom is -0.490 e. The maximum Gasteiger partial charge on any atom is 0.244 e. The molecule has 32 heavy (non-hydrogen) atoms. The lowest BCUT2D eigenvalue weighted by molar-refractivity contribution is -0.120. The maximum atomic E-state index is 12.1. The van der Waals surface area contributed by atoms with Crippen LogP contribution in [-0.2, 0) is 11.2 Å². The van der Waals surface area contributed by atoms with Crippen LogP contribution in [0.3, 0.4) is 0 Å². The molecule has 6 heteroatoms. The standard InChI is InChI=1S/C26H37N3O3/c1-3-5-6-7-8-9-10-17-32-24-16-13-22(18-25(24)31-4-2)20-28-29-26(30)19-21-11-14-23(27)15-12-21/h11-16,18,20H,3-10,17,19,27H2,1-2H3,(H,29,30)/b28-20-. The Hall–Kier alpha value is -3.02. The monoisotopic (exact) mass is 439 g/mol. The molecule has 0 fully saturated rings. The molecule has 174 valence electrons. The number of nitrogens with zero attached hydrogens (tertiary/aromatic N) is 1. The van der Waals surface area contributed by atoms with Crippen molar-refractivity contribution in [3.8, 4) is 11.5 Å². The molecule has 3 N–H and O–H groups in total. The zero-order valence-corrected chi connectivity index (χ0v) is 19.4. The fourth-order valence-corrected chi connectivity index (χ4v) is 3.27. The molecule has 1 amide bonds. The highest BCUT2D eigenvalue weighted by molar-refractivity contribution is 5.84.